The van der Waals surface area contributed by atoms with Crippen LogP contribution >= 0.6 is 63.7 Å². The average molecular weight is 787 g/mol. The monoisotopic (exact) mass is 783 g/mol. The van der Waals surface area contributed by atoms with Gasteiger partial charge in [-0.15, -0.1) is 0 Å². The molecule has 0 aromatic heterocycles. The van der Waals surface area contributed by atoms with Crippen molar-refractivity contribution in [3.63, 3.8) is 0 Å². The van der Waals surface area contributed by atoms with Crippen molar-refractivity contribution in [3.8, 4) is 44.5 Å². The average Bonchev–Trinajstić information content (AvgIpc) is 2.98. The van der Waals surface area contributed by atoms with Crippen LogP contribution in [0.15, 0.2) is 151 Å². The van der Waals surface area contributed by atoms with Gasteiger partial charge in [0.15, 0.2) is 0 Å². The van der Waals surface area contributed by atoms with Crippen molar-refractivity contribution < 1.29 is 0 Å². The summed E-state index contributed by atoms with van der Waals surface area (Å²) in [6.07, 6.45) is 2.29. The first kappa shape index (κ1) is 28.2. The molecule has 0 aliphatic heterocycles. The smallest absolute Gasteiger partial charge is 0.0526 e. The predicted molar refractivity (Wildman–Crippen MR) is 188 cm³/mol. The van der Waals surface area contributed by atoms with Crippen molar-refractivity contribution in [2.24, 2.45) is 0 Å². The summed E-state index contributed by atoms with van der Waals surface area (Å²) in [5.41, 5.74) is 11.8. The molecule has 0 unspecified atom stereocenters. The zero-order valence-electron chi connectivity index (χ0n) is 21.8. The third-order valence-corrected chi connectivity index (χ3v) is 9.07. The molecule has 6 rings (SSSR count). The van der Waals surface area contributed by atoms with Gasteiger partial charge in [0.25, 0.3) is 0 Å². The number of benzene rings is 6. The van der Waals surface area contributed by atoms with Crippen molar-refractivity contribution in [3.05, 3.63) is 169 Å². The minimum absolute atomic E-state index is 1.07. The van der Waals surface area contributed by atoms with Crippen LogP contribution < -0.4 is 0 Å². The topological polar surface area (TPSA) is 0 Å². The summed E-state index contributed by atoms with van der Waals surface area (Å²) in [6.45, 7) is 0. The van der Waals surface area contributed by atoms with Crippen LogP contribution in [-0.4, -0.2) is 0 Å². The summed E-state index contributed by atoms with van der Waals surface area (Å²) >= 11 is 14.3. The van der Waals surface area contributed by atoms with Gasteiger partial charge >= 0.3 is 0 Å². The van der Waals surface area contributed by atoms with E-state index in [0.717, 1.165) is 29.0 Å². The van der Waals surface area contributed by atoms with Gasteiger partial charge in [-0.05, 0) is 82.9 Å². The second-order valence-electron chi connectivity index (χ2n) is 9.86. The zero-order valence-corrected chi connectivity index (χ0v) is 28.1. The molecule has 41 heavy (non-hydrogen) atoms. The van der Waals surface area contributed by atoms with Crippen LogP contribution in [0.1, 0.15) is 11.1 Å². The lowest BCUT2D eigenvalue weighted by Crippen LogP contribution is -1.92. The Balaban J connectivity index is 1.46. The van der Waals surface area contributed by atoms with E-state index in [1.54, 1.807) is 0 Å². The summed E-state index contributed by atoms with van der Waals surface area (Å²) in [4.78, 5) is 0. The highest BCUT2D eigenvalue weighted by Gasteiger charge is 2.15. The molecule has 0 bridgehead atoms. The van der Waals surface area contributed by atoms with E-state index in [0.29, 0.717) is 0 Å². The van der Waals surface area contributed by atoms with Gasteiger partial charge in [0.05, 0.1) is 11.1 Å². The van der Waals surface area contributed by atoms with Crippen molar-refractivity contribution in [2.45, 2.75) is 0 Å². The van der Waals surface area contributed by atoms with Gasteiger partial charge < -0.3 is 0 Å². The van der Waals surface area contributed by atoms with E-state index in [-0.39, 0.29) is 0 Å². The first-order valence-electron chi connectivity index (χ1n) is 13.1. The summed E-state index contributed by atoms with van der Waals surface area (Å²) < 4.78 is 4.29. The lowest BCUT2D eigenvalue weighted by molar-refractivity contribution is 1.42. The molecule has 0 nitrogen and oxygen atoms in total. The van der Waals surface area contributed by atoms with Gasteiger partial charge in [-0.25, -0.2) is 0 Å². The maximum absolute atomic E-state index is 3.58. The molecule has 0 spiro atoms. The van der Waals surface area contributed by atoms with E-state index in [1.165, 1.54) is 44.5 Å². The Labute approximate surface area is 275 Å². The van der Waals surface area contributed by atoms with Gasteiger partial charge in [0, 0.05) is 70.8 Å². The second kappa shape index (κ2) is 12.5. The quantitative estimate of drug-likeness (QED) is 0.148. The van der Waals surface area contributed by atoms with E-state index >= 15 is 0 Å². The molecular weight excluding hydrogens is 764 g/mol. The molecule has 0 amide bonds. The minimum Gasteiger partial charge on any atom is -0.0526 e. The molecule has 0 N–H and O–H groups in total. The van der Waals surface area contributed by atoms with E-state index < -0.39 is 0 Å². The SMILES string of the molecule is Brc1ccc(-c2cc([CH+]c3cc(-c4ccc(Br)cc4)cc(-c4ccc(Br)cc4)c3)cc(-c3ccc(Br)cc3)c2)cc1. The molecule has 0 aliphatic carbocycles. The summed E-state index contributed by atoms with van der Waals surface area (Å²) in [5.74, 6) is 0. The van der Waals surface area contributed by atoms with Crippen LogP contribution in [-0.2, 0) is 0 Å². The molecule has 0 saturated heterocycles. The first-order chi connectivity index (χ1) is 19.9. The number of hydrogen-bond donors (Lipinski definition) is 0. The van der Waals surface area contributed by atoms with Crippen LogP contribution in [0.25, 0.3) is 44.5 Å². The molecule has 6 aromatic carbocycles. The fourth-order valence-electron chi connectivity index (χ4n) is 4.90. The van der Waals surface area contributed by atoms with Gasteiger partial charge in [-0.2, -0.15) is 0 Å². The van der Waals surface area contributed by atoms with Crippen LogP contribution in [0.2, 0.25) is 0 Å². The van der Waals surface area contributed by atoms with Gasteiger partial charge in [0.1, 0.15) is 0 Å². The highest BCUT2D eigenvalue weighted by molar-refractivity contribution is 9.11. The maximum atomic E-state index is 3.58. The van der Waals surface area contributed by atoms with Gasteiger partial charge in [-0.3, -0.25) is 0 Å². The number of rotatable bonds is 6. The molecule has 0 atom stereocenters. The predicted octanol–water partition coefficient (Wildman–Crippen LogP) is 13.0. The second-order valence-corrected chi connectivity index (χ2v) is 13.5. The number of halogens is 4. The summed E-state index contributed by atoms with van der Waals surface area (Å²) in [5, 5.41) is 0. The van der Waals surface area contributed by atoms with Crippen LogP contribution in [0.3, 0.4) is 0 Å². The molecule has 0 heterocycles. The Bertz CT molecular complexity index is 1540. The molecule has 0 radical (unpaired) electrons. The summed E-state index contributed by atoms with van der Waals surface area (Å²) in [7, 11) is 0. The number of hydrogen-bond acceptors (Lipinski definition) is 0. The van der Waals surface area contributed by atoms with Crippen LogP contribution in [0.4, 0.5) is 0 Å². The van der Waals surface area contributed by atoms with E-state index in [1.807, 2.05) is 0 Å². The Kier molecular flexibility index (Phi) is 8.64. The van der Waals surface area contributed by atoms with Crippen molar-refractivity contribution in [2.75, 3.05) is 0 Å². The molecule has 0 saturated carbocycles. The van der Waals surface area contributed by atoms with Crippen molar-refractivity contribution >= 4 is 63.7 Å². The first-order valence-corrected chi connectivity index (χ1v) is 16.3. The largest absolute Gasteiger partial charge is 0.0738 e. The molecule has 6 aromatic rings. The van der Waals surface area contributed by atoms with Gasteiger partial charge in [-0.1, -0.05) is 112 Å². The lowest BCUT2D eigenvalue weighted by atomic mass is 9.91. The van der Waals surface area contributed by atoms with Gasteiger partial charge in [0.2, 0.25) is 0 Å². The third kappa shape index (κ3) is 6.95. The molecule has 0 aliphatic rings. The Hall–Kier alpha value is -2.89. The van der Waals surface area contributed by atoms with E-state index in [2.05, 4.69) is 204 Å². The highest BCUT2D eigenvalue weighted by atomic mass is 79.9. The van der Waals surface area contributed by atoms with Crippen LogP contribution in [0.5, 0.6) is 0 Å². The Morgan fingerprint density at radius 2 is 0.488 bits per heavy atom. The van der Waals surface area contributed by atoms with E-state index in [9.17, 15) is 0 Å². The lowest BCUT2D eigenvalue weighted by Gasteiger charge is -2.10. The standard InChI is InChI=1S/C37H23Br4/c38-34-9-1-26(2-10-34)30-18-24(19-31(22-30)27-3-11-35(39)12-4-27)17-25-20-32(28-5-13-36(40)14-6-28)23-33(21-25)29-7-15-37(41)16-8-29/h1-23H/q+1. The van der Waals surface area contributed by atoms with Crippen molar-refractivity contribution in [1.82, 2.24) is 0 Å². The highest BCUT2D eigenvalue weighted by Crippen LogP contribution is 2.34. The fourth-order valence-corrected chi connectivity index (χ4v) is 5.96. The minimum atomic E-state index is 1.07. The molecule has 198 valence electrons. The van der Waals surface area contributed by atoms with Crippen molar-refractivity contribution in [1.29, 1.82) is 0 Å². The zero-order chi connectivity index (χ0) is 28.3. The maximum Gasteiger partial charge on any atom is 0.0738 e. The molecular formula is C37H23Br4+. The fraction of sp³-hybridized carbons (Fsp3) is 0. The summed E-state index contributed by atoms with van der Waals surface area (Å²) in [6, 6.07) is 47.7. The molecule has 0 fully saturated rings. The Morgan fingerprint density at radius 1 is 0.268 bits per heavy atom. The normalized spacial score (nSPS) is 10.9. The van der Waals surface area contributed by atoms with Crippen LogP contribution in [0, 0.1) is 6.42 Å². The third-order valence-electron chi connectivity index (χ3n) is 6.95. The Morgan fingerprint density at radius 3 is 0.707 bits per heavy atom. The van der Waals surface area contributed by atoms with E-state index in [4.69, 9.17) is 0 Å². The molecule has 4 heteroatoms.